The number of esters is 1. The molecule has 1 aromatic carbocycles. The fourth-order valence-electron chi connectivity index (χ4n) is 1.84. The van der Waals surface area contributed by atoms with E-state index in [4.69, 9.17) is 0 Å². The second-order valence-corrected chi connectivity index (χ2v) is 4.22. The number of hydrogen-bond acceptors (Lipinski definition) is 3. The van der Waals surface area contributed by atoms with Gasteiger partial charge in [-0.2, -0.15) is 13.2 Å². The molecule has 0 radical (unpaired) electrons. The normalized spacial score (nSPS) is 11.1. The average molecular weight is 312 g/mol. The van der Waals surface area contributed by atoms with E-state index >= 15 is 0 Å². The molecule has 2 aromatic rings. The Labute approximate surface area is 123 Å². The zero-order chi connectivity index (χ0) is 16.3. The number of benzene rings is 1. The molecule has 0 saturated heterocycles. The standard InChI is InChI=1S/C14H11F3N2O3/c1-22-12(20)11-7-4-8-19(11)10-6-3-2-5-9(10)18-13(21)14(15,16)17/h2-8H,1H3,(H,18,21). The van der Waals surface area contributed by atoms with Crippen molar-refractivity contribution in [2.45, 2.75) is 6.18 Å². The molecule has 0 unspecified atom stereocenters. The smallest absolute Gasteiger partial charge is 0.464 e. The molecular formula is C14H11F3N2O3. The SMILES string of the molecule is COC(=O)c1cccn1-c1ccccc1NC(=O)C(F)(F)F. The lowest BCUT2D eigenvalue weighted by Crippen LogP contribution is -2.30. The maximum Gasteiger partial charge on any atom is 0.471 e. The van der Waals surface area contributed by atoms with Crippen molar-refractivity contribution in [3.8, 4) is 5.69 Å². The lowest BCUT2D eigenvalue weighted by atomic mass is 10.2. The largest absolute Gasteiger partial charge is 0.471 e. The average Bonchev–Trinajstić information content (AvgIpc) is 2.95. The van der Waals surface area contributed by atoms with Gasteiger partial charge in [0.2, 0.25) is 0 Å². The quantitative estimate of drug-likeness (QED) is 0.887. The summed E-state index contributed by atoms with van der Waals surface area (Å²) in [7, 11) is 1.19. The number of alkyl halides is 3. The summed E-state index contributed by atoms with van der Waals surface area (Å²) in [5.74, 6) is -2.74. The zero-order valence-corrected chi connectivity index (χ0v) is 11.3. The van der Waals surface area contributed by atoms with Gasteiger partial charge in [-0.3, -0.25) is 4.79 Å². The van der Waals surface area contributed by atoms with Crippen LogP contribution in [0.2, 0.25) is 0 Å². The highest BCUT2D eigenvalue weighted by Gasteiger charge is 2.39. The molecule has 0 atom stereocenters. The first-order valence-corrected chi connectivity index (χ1v) is 6.08. The Morgan fingerprint density at radius 3 is 2.45 bits per heavy atom. The Morgan fingerprint density at radius 2 is 1.82 bits per heavy atom. The Hall–Kier alpha value is -2.77. The van der Waals surface area contributed by atoms with Gasteiger partial charge in [0.05, 0.1) is 18.5 Å². The Kier molecular flexibility index (Phi) is 4.20. The number of rotatable bonds is 3. The van der Waals surface area contributed by atoms with Crippen molar-refractivity contribution in [2.24, 2.45) is 0 Å². The molecule has 22 heavy (non-hydrogen) atoms. The number of amides is 1. The minimum Gasteiger partial charge on any atom is -0.464 e. The predicted octanol–water partition coefficient (Wildman–Crippen LogP) is 2.76. The minimum absolute atomic E-state index is 0.0776. The number of carbonyl (C=O) groups excluding carboxylic acids is 2. The maximum atomic E-state index is 12.4. The minimum atomic E-state index is -5.00. The van der Waals surface area contributed by atoms with Crippen LogP contribution in [-0.4, -0.2) is 29.7 Å². The molecule has 5 nitrogen and oxygen atoms in total. The van der Waals surface area contributed by atoms with Crippen LogP contribution in [0, 0.1) is 0 Å². The third-order valence-electron chi connectivity index (χ3n) is 2.81. The number of anilines is 1. The van der Waals surface area contributed by atoms with Crippen LogP contribution in [0.5, 0.6) is 0 Å². The maximum absolute atomic E-state index is 12.4. The van der Waals surface area contributed by atoms with Gasteiger partial charge in [-0.25, -0.2) is 4.79 Å². The van der Waals surface area contributed by atoms with Crippen molar-refractivity contribution < 1.29 is 27.5 Å². The summed E-state index contributed by atoms with van der Waals surface area (Å²) in [6.45, 7) is 0. The number of methoxy groups -OCH3 is 1. The first-order valence-electron chi connectivity index (χ1n) is 6.08. The molecular weight excluding hydrogens is 301 g/mol. The number of aromatic nitrogens is 1. The van der Waals surface area contributed by atoms with Crippen molar-refractivity contribution in [1.29, 1.82) is 0 Å². The van der Waals surface area contributed by atoms with E-state index in [0.29, 0.717) is 0 Å². The second-order valence-electron chi connectivity index (χ2n) is 4.22. The number of nitrogens with one attached hydrogen (secondary N) is 1. The highest BCUT2D eigenvalue weighted by atomic mass is 19.4. The van der Waals surface area contributed by atoms with Gasteiger partial charge in [0.1, 0.15) is 5.69 Å². The van der Waals surface area contributed by atoms with E-state index in [2.05, 4.69) is 4.74 Å². The molecule has 116 valence electrons. The zero-order valence-electron chi connectivity index (χ0n) is 11.3. The van der Waals surface area contributed by atoms with E-state index in [1.165, 1.54) is 48.2 Å². The molecule has 2 rings (SSSR count). The molecule has 1 N–H and O–H groups in total. The van der Waals surface area contributed by atoms with Crippen LogP contribution < -0.4 is 5.32 Å². The van der Waals surface area contributed by atoms with Gasteiger partial charge in [0, 0.05) is 6.20 Å². The molecule has 0 fully saturated rings. The topological polar surface area (TPSA) is 60.3 Å². The van der Waals surface area contributed by atoms with E-state index in [1.54, 1.807) is 11.4 Å². The van der Waals surface area contributed by atoms with Crippen LogP contribution in [0.3, 0.4) is 0 Å². The molecule has 8 heteroatoms. The molecule has 0 bridgehead atoms. The van der Waals surface area contributed by atoms with E-state index in [-0.39, 0.29) is 17.1 Å². The van der Waals surface area contributed by atoms with Crippen LogP contribution in [0.15, 0.2) is 42.6 Å². The van der Waals surface area contributed by atoms with Gasteiger partial charge in [-0.05, 0) is 24.3 Å². The summed E-state index contributed by atoms with van der Waals surface area (Å²) in [6, 6.07) is 8.80. The number of para-hydroxylation sites is 2. The Morgan fingerprint density at radius 1 is 1.14 bits per heavy atom. The van der Waals surface area contributed by atoms with E-state index in [0.717, 1.165) is 0 Å². The fourth-order valence-corrected chi connectivity index (χ4v) is 1.84. The summed E-state index contributed by atoms with van der Waals surface area (Å²) in [6.07, 6.45) is -3.53. The fraction of sp³-hybridized carbons (Fsp3) is 0.143. The molecule has 0 aliphatic heterocycles. The van der Waals surface area contributed by atoms with Gasteiger partial charge in [-0.15, -0.1) is 0 Å². The molecule has 0 saturated carbocycles. The Balaban J connectivity index is 2.44. The molecule has 1 amide bonds. The molecule has 1 aromatic heterocycles. The number of ether oxygens (including phenoxy) is 1. The van der Waals surface area contributed by atoms with Crippen LogP contribution in [0.1, 0.15) is 10.5 Å². The second kappa shape index (κ2) is 5.92. The van der Waals surface area contributed by atoms with Crippen molar-refractivity contribution >= 4 is 17.6 Å². The lowest BCUT2D eigenvalue weighted by Gasteiger charge is -2.14. The van der Waals surface area contributed by atoms with E-state index in [9.17, 15) is 22.8 Å². The van der Waals surface area contributed by atoms with Gasteiger partial charge >= 0.3 is 18.1 Å². The van der Waals surface area contributed by atoms with E-state index in [1.807, 2.05) is 0 Å². The van der Waals surface area contributed by atoms with Gasteiger partial charge in [0.15, 0.2) is 0 Å². The van der Waals surface area contributed by atoms with E-state index < -0.39 is 18.1 Å². The summed E-state index contributed by atoms with van der Waals surface area (Å²) < 4.78 is 43.1. The first kappa shape index (κ1) is 15.6. The third-order valence-corrected chi connectivity index (χ3v) is 2.81. The summed E-state index contributed by atoms with van der Waals surface area (Å²) in [4.78, 5) is 22.7. The summed E-state index contributed by atoms with van der Waals surface area (Å²) in [5, 5.41) is 1.79. The van der Waals surface area contributed by atoms with Crippen molar-refractivity contribution in [2.75, 3.05) is 12.4 Å². The lowest BCUT2D eigenvalue weighted by molar-refractivity contribution is -0.167. The number of halogens is 3. The van der Waals surface area contributed by atoms with Crippen LogP contribution >= 0.6 is 0 Å². The summed E-state index contributed by atoms with van der Waals surface area (Å²) in [5.41, 5.74) is 0.257. The molecule has 0 spiro atoms. The molecule has 1 heterocycles. The van der Waals surface area contributed by atoms with Gasteiger partial charge in [-0.1, -0.05) is 12.1 Å². The monoisotopic (exact) mass is 312 g/mol. The van der Waals surface area contributed by atoms with Gasteiger partial charge < -0.3 is 14.6 Å². The van der Waals surface area contributed by atoms with Crippen molar-refractivity contribution in [1.82, 2.24) is 4.57 Å². The third kappa shape index (κ3) is 3.11. The predicted molar refractivity (Wildman–Crippen MR) is 71.8 cm³/mol. The summed E-state index contributed by atoms with van der Waals surface area (Å²) >= 11 is 0. The van der Waals surface area contributed by atoms with Crippen molar-refractivity contribution in [3.05, 3.63) is 48.3 Å². The molecule has 0 aliphatic rings. The Bertz CT molecular complexity index is 707. The highest BCUT2D eigenvalue weighted by Crippen LogP contribution is 2.25. The van der Waals surface area contributed by atoms with Gasteiger partial charge in [0.25, 0.3) is 0 Å². The van der Waals surface area contributed by atoms with Crippen molar-refractivity contribution in [3.63, 3.8) is 0 Å². The number of hydrogen-bond donors (Lipinski definition) is 1. The van der Waals surface area contributed by atoms with Crippen LogP contribution in [0.4, 0.5) is 18.9 Å². The highest BCUT2D eigenvalue weighted by molar-refractivity contribution is 5.97. The first-order chi connectivity index (χ1) is 10.3. The van der Waals surface area contributed by atoms with Crippen LogP contribution in [-0.2, 0) is 9.53 Å². The number of carbonyl (C=O) groups is 2. The molecule has 0 aliphatic carbocycles. The van der Waals surface area contributed by atoms with Crippen LogP contribution in [0.25, 0.3) is 5.69 Å². The number of nitrogens with zero attached hydrogens (tertiary/aromatic N) is 1.